The Kier molecular flexibility index (Phi) is 4.55. The Hall–Kier alpha value is -3.28. The predicted octanol–water partition coefficient (Wildman–Crippen LogP) is 5.36. The van der Waals surface area contributed by atoms with E-state index >= 15 is 0 Å². The normalized spacial score (nSPS) is 13.8. The number of carbonyl (C=O) groups excluding carboxylic acids is 1. The molecule has 0 unspecified atom stereocenters. The lowest BCUT2D eigenvalue weighted by Crippen LogP contribution is -2.38. The van der Waals surface area contributed by atoms with E-state index < -0.39 is 11.7 Å². The van der Waals surface area contributed by atoms with Gasteiger partial charge in [0.05, 0.1) is 11.1 Å². The lowest BCUT2D eigenvalue weighted by Gasteiger charge is -2.29. The van der Waals surface area contributed by atoms with Crippen molar-refractivity contribution in [2.24, 2.45) is 0 Å². The van der Waals surface area contributed by atoms with Gasteiger partial charge in [-0.3, -0.25) is 4.79 Å². The first kappa shape index (κ1) is 18.1. The molecule has 0 saturated heterocycles. The van der Waals surface area contributed by atoms with E-state index in [0.717, 1.165) is 17.7 Å². The quantitative estimate of drug-likeness (QED) is 0.609. The van der Waals surface area contributed by atoms with Crippen molar-refractivity contribution in [2.45, 2.75) is 12.7 Å². The van der Waals surface area contributed by atoms with Crippen LogP contribution in [-0.4, -0.2) is 17.5 Å². The maximum Gasteiger partial charge on any atom is 0.416 e. The van der Waals surface area contributed by atoms with Gasteiger partial charge in [-0.15, -0.1) is 0 Å². The number of benzene rings is 3. The number of halogens is 3. The lowest BCUT2D eigenvalue weighted by molar-refractivity contribution is -0.137. The summed E-state index contributed by atoms with van der Waals surface area (Å²) in [4.78, 5) is 14.5. The average Bonchev–Trinajstić information content (AvgIpc) is 2.70. The van der Waals surface area contributed by atoms with Crippen LogP contribution >= 0.6 is 0 Å². The highest BCUT2D eigenvalue weighted by Crippen LogP contribution is 2.33. The van der Waals surface area contributed by atoms with Crippen LogP contribution in [0.15, 0.2) is 72.8 Å². The molecule has 0 spiro atoms. The van der Waals surface area contributed by atoms with Crippen molar-refractivity contribution < 1.29 is 22.7 Å². The Balaban J connectivity index is 1.60. The van der Waals surface area contributed by atoms with Gasteiger partial charge in [0.1, 0.15) is 5.75 Å². The van der Waals surface area contributed by atoms with Crippen molar-refractivity contribution >= 4 is 5.91 Å². The third-order valence-corrected chi connectivity index (χ3v) is 4.63. The number of carbonyl (C=O) groups is 1. The van der Waals surface area contributed by atoms with Crippen LogP contribution in [0.4, 0.5) is 13.2 Å². The zero-order valence-corrected chi connectivity index (χ0v) is 14.7. The van der Waals surface area contributed by atoms with E-state index in [-0.39, 0.29) is 12.6 Å². The molecule has 4 rings (SSSR count). The van der Waals surface area contributed by atoms with Crippen LogP contribution in [0.5, 0.6) is 5.75 Å². The van der Waals surface area contributed by atoms with Crippen molar-refractivity contribution in [3.8, 4) is 16.9 Å². The van der Waals surface area contributed by atoms with Crippen LogP contribution in [-0.2, 0) is 12.7 Å². The van der Waals surface area contributed by atoms with Gasteiger partial charge >= 0.3 is 6.18 Å². The Morgan fingerprint density at radius 2 is 1.57 bits per heavy atom. The molecule has 3 nitrogen and oxygen atoms in total. The first-order valence-electron chi connectivity index (χ1n) is 8.69. The van der Waals surface area contributed by atoms with E-state index in [9.17, 15) is 18.0 Å². The van der Waals surface area contributed by atoms with Gasteiger partial charge in [-0.1, -0.05) is 48.5 Å². The summed E-state index contributed by atoms with van der Waals surface area (Å²) in [5, 5.41) is 0. The molecule has 3 aromatic rings. The van der Waals surface area contributed by atoms with Crippen LogP contribution in [0.25, 0.3) is 11.1 Å². The molecular formula is C22H16F3NO2. The van der Waals surface area contributed by atoms with Gasteiger partial charge in [-0.2, -0.15) is 13.2 Å². The molecule has 28 heavy (non-hydrogen) atoms. The van der Waals surface area contributed by atoms with Crippen LogP contribution in [0, 0.1) is 0 Å². The Labute approximate surface area is 160 Å². The number of alkyl halides is 3. The van der Waals surface area contributed by atoms with Gasteiger partial charge in [-0.25, -0.2) is 0 Å². The third-order valence-electron chi connectivity index (χ3n) is 4.63. The van der Waals surface area contributed by atoms with Gasteiger partial charge in [0.25, 0.3) is 5.91 Å². The summed E-state index contributed by atoms with van der Waals surface area (Å²) in [6.07, 6.45) is -4.38. The second-order valence-electron chi connectivity index (χ2n) is 6.55. The first-order valence-corrected chi connectivity index (χ1v) is 8.69. The fraction of sp³-hybridized carbons (Fsp3) is 0.136. The fourth-order valence-corrected chi connectivity index (χ4v) is 3.15. The Morgan fingerprint density at radius 1 is 0.893 bits per heavy atom. The number of hydrogen-bond acceptors (Lipinski definition) is 2. The molecule has 1 heterocycles. The van der Waals surface area contributed by atoms with E-state index in [1.807, 2.05) is 30.3 Å². The lowest BCUT2D eigenvalue weighted by atomic mass is 10.00. The van der Waals surface area contributed by atoms with Crippen LogP contribution in [0.1, 0.15) is 21.5 Å². The molecule has 0 aliphatic carbocycles. The average molecular weight is 383 g/mol. The van der Waals surface area contributed by atoms with E-state index in [1.165, 1.54) is 12.1 Å². The van der Waals surface area contributed by atoms with Crippen molar-refractivity contribution in [2.75, 3.05) is 6.73 Å². The molecule has 142 valence electrons. The number of fused-ring (bicyclic) bond motifs is 1. The van der Waals surface area contributed by atoms with Crippen LogP contribution in [0.3, 0.4) is 0 Å². The monoisotopic (exact) mass is 383 g/mol. The minimum atomic E-state index is -4.38. The second-order valence-corrected chi connectivity index (χ2v) is 6.55. The Bertz CT molecular complexity index is 999. The summed E-state index contributed by atoms with van der Waals surface area (Å²) in [6.45, 7) is 0.573. The number of hydrogen-bond donors (Lipinski definition) is 0. The number of nitrogens with zero attached hydrogens (tertiary/aromatic N) is 1. The van der Waals surface area contributed by atoms with Crippen LogP contribution in [0.2, 0.25) is 0 Å². The van der Waals surface area contributed by atoms with Gasteiger partial charge in [0.2, 0.25) is 0 Å². The maximum atomic E-state index is 12.9. The summed E-state index contributed by atoms with van der Waals surface area (Å²) in [7, 11) is 0. The molecule has 0 atom stereocenters. The van der Waals surface area contributed by atoms with Crippen molar-refractivity contribution in [3.05, 3.63) is 89.5 Å². The highest BCUT2D eigenvalue weighted by atomic mass is 19.4. The Morgan fingerprint density at radius 3 is 2.25 bits per heavy atom. The SMILES string of the molecule is O=C1c2cc(-c3ccc(C(F)(F)F)cc3)ccc2OCN1Cc1ccccc1. The molecule has 0 fully saturated rings. The van der Waals surface area contributed by atoms with Crippen LogP contribution < -0.4 is 4.74 Å². The molecule has 1 aliphatic rings. The zero-order chi connectivity index (χ0) is 19.7. The topological polar surface area (TPSA) is 29.5 Å². The molecule has 0 radical (unpaired) electrons. The number of ether oxygens (including phenoxy) is 1. The highest BCUT2D eigenvalue weighted by molar-refractivity contribution is 5.99. The number of rotatable bonds is 3. The standard InChI is InChI=1S/C22H16F3NO2/c23-22(24,25)18-9-6-16(7-10-18)17-8-11-20-19(12-17)21(27)26(14-28-20)13-15-4-2-1-3-5-15/h1-12H,13-14H2. The summed E-state index contributed by atoms with van der Waals surface area (Å²) in [5.41, 5.74) is 1.94. The van der Waals surface area contributed by atoms with E-state index in [1.54, 1.807) is 23.1 Å². The smallest absolute Gasteiger partial charge is 0.416 e. The molecule has 0 bridgehead atoms. The molecule has 1 aliphatic heterocycles. The molecule has 0 aromatic heterocycles. The third kappa shape index (κ3) is 3.58. The molecule has 3 aromatic carbocycles. The van der Waals surface area contributed by atoms with Gasteiger partial charge in [0, 0.05) is 6.54 Å². The van der Waals surface area contributed by atoms with Gasteiger partial charge < -0.3 is 9.64 Å². The number of amides is 1. The summed E-state index contributed by atoms with van der Waals surface area (Å²) >= 11 is 0. The summed E-state index contributed by atoms with van der Waals surface area (Å²) < 4.78 is 44.0. The molecule has 0 N–H and O–H groups in total. The van der Waals surface area contributed by atoms with Crippen molar-refractivity contribution in [1.82, 2.24) is 4.90 Å². The van der Waals surface area contributed by atoms with E-state index in [4.69, 9.17) is 4.74 Å². The van der Waals surface area contributed by atoms with Gasteiger partial charge in [-0.05, 0) is 41.0 Å². The minimum Gasteiger partial charge on any atom is -0.472 e. The summed E-state index contributed by atoms with van der Waals surface area (Å²) in [5.74, 6) is 0.309. The van der Waals surface area contributed by atoms with Gasteiger partial charge in [0.15, 0.2) is 6.73 Å². The minimum absolute atomic E-state index is 0.153. The van der Waals surface area contributed by atoms with E-state index in [0.29, 0.717) is 29.0 Å². The van der Waals surface area contributed by atoms with Crippen molar-refractivity contribution in [3.63, 3.8) is 0 Å². The second kappa shape index (κ2) is 7.03. The molecular weight excluding hydrogens is 367 g/mol. The summed E-state index contributed by atoms with van der Waals surface area (Å²) in [6, 6.07) is 19.5. The first-order chi connectivity index (χ1) is 13.4. The molecule has 6 heteroatoms. The maximum absolute atomic E-state index is 12.9. The predicted molar refractivity (Wildman–Crippen MR) is 98.7 cm³/mol. The largest absolute Gasteiger partial charge is 0.472 e. The zero-order valence-electron chi connectivity index (χ0n) is 14.7. The van der Waals surface area contributed by atoms with E-state index in [2.05, 4.69) is 0 Å². The fourth-order valence-electron chi connectivity index (χ4n) is 3.15. The van der Waals surface area contributed by atoms with Crippen molar-refractivity contribution in [1.29, 1.82) is 0 Å². The molecule has 0 saturated carbocycles. The highest BCUT2D eigenvalue weighted by Gasteiger charge is 2.30. The molecule has 1 amide bonds.